The molecule has 0 radical (unpaired) electrons. The number of aliphatic hydroxyl groups excluding tert-OH is 3. The van der Waals surface area contributed by atoms with E-state index in [9.17, 15) is 34.8 Å². The monoisotopic (exact) mass is 896 g/mol. The fourth-order valence-electron chi connectivity index (χ4n) is 12.6. The standard InChI is InChI=1S/C51H64N2O12/c1-4-41-33-8-6-13-51(60,39(33)12-16-53(41)15-7-17-61-3)42-22-36-46(64-42)38(26-57)48-44-43(37(25-56)49(65-48)50(59)62-5-2)31-18-32(24-55)45(58)35(20-31)34-19-30-11-14-52-40(30)21-29(34)10-9-28(23-54)27-63-47(36)44/h11,19,21,25,28,32-33,35,39,41-42,54-55,57,60H,4-10,12-18,20,22-24,26-27H2,1-3H3. The first-order valence-corrected chi connectivity index (χ1v) is 23.9. The van der Waals surface area contributed by atoms with Crippen LogP contribution in [0.2, 0.25) is 0 Å². The first-order chi connectivity index (χ1) is 31.6. The third-order valence-corrected chi connectivity index (χ3v) is 15.7. The van der Waals surface area contributed by atoms with Gasteiger partial charge in [0.15, 0.2) is 6.29 Å². The molecular formula is C51H64N2O12. The number of hydrogen-bond donors (Lipinski definition) is 4. The Balaban J connectivity index is 1.23. The minimum atomic E-state index is -1.23. The molecule has 5 heterocycles. The maximum absolute atomic E-state index is 14.5. The summed E-state index contributed by atoms with van der Waals surface area (Å²) < 4.78 is 31.3. The average Bonchev–Trinajstić information content (AvgIpc) is 3.98. The van der Waals surface area contributed by atoms with Crippen molar-refractivity contribution in [1.29, 1.82) is 0 Å². The van der Waals surface area contributed by atoms with Gasteiger partial charge >= 0.3 is 5.97 Å². The van der Waals surface area contributed by atoms with Crippen molar-refractivity contribution < 1.29 is 58.5 Å². The van der Waals surface area contributed by atoms with Gasteiger partial charge in [-0.1, -0.05) is 25.0 Å². The van der Waals surface area contributed by atoms with Crippen molar-refractivity contribution in [3.05, 3.63) is 67.4 Å². The highest BCUT2D eigenvalue weighted by molar-refractivity contribution is 6.11. The molecule has 350 valence electrons. The second-order valence-corrected chi connectivity index (χ2v) is 19.0. The molecular weight excluding hydrogens is 833 g/mol. The number of aliphatic hydroxyl groups is 4. The number of carbonyl (C=O) groups is 3. The topological polar surface area (TPSA) is 194 Å². The van der Waals surface area contributed by atoms with E-state index < -0.39 is 42.7 Å². The zero-order chi connectivity index (χ0) is 45.6. The number of nitrogens with zero attached hydrogens (tertiary/aromatic N) is 2. The second kappa shape index (κ2) is 19.0. The summed E-state index contributed by atoms with van der Waals surface area (Å²) in [4.78, 5) is 49.2. The number of rotatable bonds is 12. The molecule has 65 heavy (non-hydrogen) atoms. The van der Waals surface area contributed by atoms with Crippen LogP contribution in [0.4, 0.5) is 0 Å². The Morgan fingerprint density at radius 2 is 1.91 bits per heavy atom. The van der Waals surface area contributed by atoms with Gasteiger partial charge in [-0.3, -0.25) is 14.6 Å². The quantitative estimate of drug-likeness (QED) is 0.138. The van der Waals surface area contributed by atoms with E-state index in [1.54, 1.807) is 14.0 Å². The molecule has 2 saturated carbocycles. The summed E-state index contributed by atoms with van der Waals surface area (Å²) in [7, 11) is 1.73. The Morgan fingerprint density at radius 3 is 2.65 bits per heavy atom. The lowest BCUT2D eigenvalue weighted by molar-refractivity contribution is -0.163. The summed E-state index contributed by atoms with van der Waals surface area (Å²) in [5, 5.41) is 48.0. The number of ether oxygens (including phenoxy) is 5. The van der Waals surface area contributed by atoms with Crippen molar-refractivity contribution in [3.8, 4) is 17.2 Å². The van der Waals surface area contributed by atoms with Crippen LogP contribution in [0, 0.1) is 23.7 Å². The molecule has 2 aliphatic carbocycles. The van der Waals surface area contributed by atoms with E-state index in [0.717, 1.165) is 66.9 Å². The predicted octanol–water partition coefficient (Wildman–Crippen LogP) is 3.42. The molecule has 2 bridgehead atoms. The van der Waals surface area contributed by atoms with Gasteiger partial charge in [0.25, 0.3) is 0 Å². The summed E-state index contributed by atoms with van der Waals surface area (Å²) in [5.41, 5.74) is 2.51. The molecule has 9 rings (SSSR count). The van der Waals surface area contributed by atoms with Gasteiger partial charge < -0.3 is 49.0 Å². The summed E-state index contributed by atoms with van der Waals surface area (Å²) in [5.74, 6) is -2.44. The molecule has 1 saturated heterocycles. The lowest BCUT2D eigenvalue weighted by Gasteiger charge is -2.55. The van der Waals surface area contributed by atoms with Crippen molar-refractivity contribution in [3.63, 3.8) is 0 Å². The van der Waals surface area contributed by atoms with Crippen molar-refractivity contribution in [2.24, 2.45) is 28.7 Å². The summed E-state index contributed by atoms with van der Waals surface area (Å²) in [6.45, 7) is 5.69. The molecule has 4 N–H and O–H groups in total. The van der Waals surface area contributed by atoms with Crippen LogP contribution in [0.15, 0.2) is 34.0 Å². The molecule has 14 heteroatoms. The number of allylic oxidation sites excluding steroid dienone is 3. The van der Waals surface area contributed by atoms with Gasteiger partial charge in [0, 0.05) is 68.2 Å². The molecule has 7 aliphatic rings. The number of benzene rings is 2. The molecule has 14 nitrogen and oxygen atoms in total. The average molecular weight is 897 g/mol. The Labute approximate surface area is 379 Å². The van der Waals surface area contributed by atoms with E-state index in [2.05, 4.69) is 16.8 Å². The Kier molecular flexibility index (Phi) is 13.4. The van der Waals surface area contributed by atoms with E-state index in [0.29, 0.717) is 78.5 Å². The van der Waals surface area contributed by atoms with Crippen molar-refractivity contribution in [2.45, 2.75) is 115 Å². The Hall–Kier alpha value is -4.44. The van der Waals surface area contributed by atoms with Crippen LogP contribution in [0.1, 0.15) is 105 Å². The van der Waals surface area contributed by atoms with Crippen molar-refractivity contribution >= 4 is 29.7 Å². The first-order valence-electron chi connectivity index (χ1n) is 23.9. The Morgan fingerprint density at radius 1 is 1.06 bits per heavy atom. The van der Waals surface area contributed by atoms with Crippen LogP contribution >= 0.6 is 0 Å². The van der Waals surface area contributed by atoms with Gasteiger partial charge in [-0.2, -0.15) is 0 Å². The number of Topliss-reactive ketones (excluding diaryl/α,β-unsaturated/α-hetero) is 1. The number of hydrogen-bond acceptors (Lipinski definition) is 14. The number of esters is 1. The third-order valence-electron chi connectivity index (χ3n) is 15.7. The number of ketones is 1. The largest absolute Gasteiger partial charge is 0.492 e. The summed E-state index contributed by atoms with van der Waals surface area (Å²) >= 11 is 0. The van der Waals surface area contributed by atoms with E-state index in [-0.39, 0.29) is 85.3 Å². The van der Waals surface area contributed by atoms with Crippen LogP contribution in [-0.2, 0) is 43.3 Å². The fourth-order valence-corrected chi connectivity index (χ4v) is 12.6. The lowest BCUT2D eigenvalue weighted by Crippen LogP contribution is -2.62. The smallest absolute Gasteiger partial charge is 0.375 e. The summed E-state index contributed by atoms with van der Waals surface area (Å²) in [6, 6.07) is 4.33. The highest BCUT2D eigenvalue weighted by atomic mass is 16.6. The zero-order valence-corrected chi connectivity index (χ0v) is 37.9. The first kappa shape index (κ1) is 45.7. The SMILES string of the molecule is CCOC(=O)C1=C(C=O)C2=C3CC(CO)C(=O)C(C3)c3cc4c(cc3CCC(CO)COc3c5c(c(CO)c(c32)O1)OC(C1(O)CCCC2C(CC)N(CCCOC)CCC21)C5)=NCC=4. The lowest BCUT2D eigenvalue weighted by atomic mass is 9.60. The van der Waals surface area contributed by atoms with Crippen LogP contribution < -0.4 is 24.8 Å². The molecule has 2 aromatic carbocycles. The van der Waals surface area contributed by atoms with Gasteiger partial charge in [0.05, 0.1) is 55.0 Å². The fraction of sp³-hybridized carbons (Fsp3) is 0.608. The minimum absolute atomic E-state index is 0.00649. The molecule has 3 fully saturated rings. The molecule has 5 aliphatic heterocycles. The maximum atomic E-state index is 14.5. The van der Waals surface area contributed by atoms with Crippen LogP contribution in [0.5, 0.6) is 17.2 Å². The second-order valence-electron chi connectivity index (χ2n) is 19.0. The van der Waals surface area contributed by atoms with Gasteiger partial charge in [-0.05, 0) is 112 Å². The van der Waals surface area contributed by atoms with Crippen molar-refractivity contribution in [1.82, 2.24) is 4.90 Å². The molecule has 0 amide bonds. The maximum Gasteiger partial charge on any atom is 0.375 e. The van der Waals surface area contributed by atoms with Crippen LogP contribution in [0.3, 0.4) is 0 Å². The third kappa shape index (κ3) is 7.95. The molecule has 8 atom stereocenters. The predicted molar refractivity (Wildman–Crippen MR) is 239 cm³/mol. The Bertz CT molecular complexity index is 2410. The highest BCUT2D eigenvalue weighted by Crippen LogP contribution is 2.59. The molecule has 0 spiro atoms. The molecule has 8 unspecified atom stereocenters. The number of likely N-dealkylation sites (tertiary alicyclic amines) is 1. The van der Waals surface area contributed by atoms with E-state index >= 15 is 0 Å². The number of methoxy groups -OCH3 is 1. The number of carbonyl (C=O) groups excluding carboxylic acids is 3. The minimum Gasteiger partial charge on any atom is -0.492 e. The number of piperidine rings is 1. The number of aryl methyl sites for hydroxylation is 1. The van der Waals surface area contributed by atoms with E-state index in [1.807, 2.05) is 18.2 Å². The van der Waals surface area contributed by atoms with Crippen LogP contribution in [0.25, 0.3) is 11.6 Å². The highest BCUT2D eigenvalue weighted by Gasteiger charge is 2.57. The van der Waals surface area contributed by atoms with E-state index in [4.69, 9.17) is 23.7 Å². The summed E-state index contributed by atoms with van der Waals surface area (Å²) in [6.07, 6.45) is 8.41. The molecule has 2 aromatic rings. The van der Waals surface area contributed by atoms with E-state index in [1.165, 1.54) is 0 Å². The van der Waals surface area contributed by atoms with Gasteiger partial charge in [0.2, 0.25) is 5.76 Å². The van der Waals surface area contributed by atoms with Crippen LogP contribution in [-0.4, -0.2) is 121 Å². The van der Waals surface area contributed by atoms with Gasteiger partial charge in [0.1, 0.15) is 34.7 Å². The van der Waals surface area contributed by atoms with Gasteiger partial charge in [-0.15, -0.1) is 0 Å². The molecule has 0 aromatic heterocycles. The number of fused-ring (bicyclic) bond motifs is 8. The normalized spacial score (nSPS) is 29.5. The van der Waals surface area contributed by atoms with Crippen molar-refractivity contribution in [2.75, 3.05) is 59.8 Å². The zero-order valence-electron chi connectivity index (χ0n) is 37.9. The van der Waals surface area contributed by atoms with Gasteiger partial charge in [-0.25, -0.2) is 4.79 Å². The number of aldehydes is 1.